The Kier molecular flexibility index (Phi) is 14.6. The van der Waals surface area contributed by atoms with Gasteiger partial charge in [0.25, 0.3) is 0 Å². The van der Waals surface area contributed by atoms with Gasteiger partial charge in [0, 0.05) is 27.3 Å². The van der Waals surface area contributed by atoms with Crippen LogP contribution in [-0.2, 0) is 21.7 Å². The first kappa shape index (κ1) is 22.6. The molecular weight excluding hydrogens is 280 g/mol. The SMILES string of the molecule is [CH2-]/C(C)=C(/C)C(C)(C)O.[CH]1[CH][CH][CH][CH]1.[CH]1[CH][CH][CH][CH]1.[Ti]. The van der Waals surface area contributed by atoms with Gasteiger partial charge in [0.05, 0.1) is 0 Å². The molecule has 0 aromatic rings. The molecule has 20 heavy (non-hydrogen) atoms. The molecule has 2 rings (SSSR count). The molecular formula is C18H25OTi-. The molecule has 108 valence electrons. The monoisotopic (exact) mass is 305 g/mol. The summed E-state index contributed by atoms with van der Waals surface area (Å²) >= 11 is 0. The van der Waals surface area contributed by atoms with Crippen LogP contribution in [-0.4, -0.2) is 10.7 Å². The summed E-state index contributed by atoms with van der Waals surface area (Å²) in [5, 5.41) is 9.36. The van der Waals surface area contributed by atoms with Gasteiger partial charge < -0.3 is 5.11 Å². The average molecular weight is 305 g/mol. The van der Waals surface area contributed by atoms with E-state index in [1.165, 1.54) is 0 Å². The van der Waals surface area contributed by atoms with E-state index in [1.54, 1.807) is 13.8 Å². The molecule has 2 aliphatic carbocycles. The van der Waals surface area contributed by atoms with Gasteiger partial charge in [0.2, 0.25) is 0 Å². The van der Waals surface area contributed by atoms with Gasteiger partial charge in [-0.1, -0.05) is 6.92 Å². The van der Waals surface area contributed by atoms with Gasteiger partial charge in [-0.3, -0.25) is 0 Å². The van der Waals surface area contributed by atoms with Gasteiger partial charge in [-0.25, -0.2) is 12.5 Å². The standard InChI is InChI=1S/C8H15O.2C5H5.Ti/c1-6(2)7(3)8(4,5)9;2*1-2-4-5-3-1;/h9H,1H2,2-5H3;2*1-5H;/q-1;;;/b7-6+;;;. The van der Waals surface area contributed by atoms with Crippen LogP contribution in [0.4, 0.5) is 0 Å². The van der Waals surface area contributed by atoms with Crippen molar-refractivity contribution >= 4 is 0 Å². The molecule has 1 N–H and O–H groups in total. The van der Waals surface area contributed by atoms with Crippen LogP contribution >= 0.6 is 0 Å². The van der Waals surface area contributed by atoms with Crippen molar-refractivity contribution in [2.24, 2.45) is 0 Å². The van der Waals surface area contributed by atoms with Gasteiger partial charge in [0.1, 0.15) is 0 Å². The smallest absolute Gasteiger partial charge is 0.0169 e. The third-order valence-corrected chi connectivity index (χ3v) is 2.67. The minimum absolute atomic E-state index is 0. The molecule has 2 fully saturated rings. The largest absolute Gasteiger partial charge is 0.404 e. The fourth-order valence-corrected chi connectivity index (χ4v) is 1.16. The molecule has 0 amide bonds. The van der Waals surface area contributed by atoms with E-state index in [0.29, 0.717) is 0 Å². The van der Waals surface area contributed by atoms with E-state index in [9.17, 15) is 5.11 Å². The molecule has 1 nitrogen and oxygen atoms in total. The Morgan fingerprint density at radius 1 is 0.750 bits per heavy atom. The van der Waals surface area contributed by atoms with Crippen LogP contribution < -0.4 is 0 Å². The van der Waals surface area contributed by atoms with Crippen LogP contribution in [0.15, 0.2) is 11.1 Å². The number of rotatable bonds is 1. The summed E-state index contributed by atoms with van der Waals surface area (Å²) in [6.07, 6.45) is 20.0. The van der Waals surface area contributed by atoms with Crippen molar-refractivity contribution in [3.63, 3.8) is 0 Å². The fourth-order valence-electron chi connectivity index (χ4n) is 1.16. The average Bonchev–Trinajstić information content (AvgIpc) is 3.04. The van der Waals surface area contributed by atoms with Gasteiger partial charge in [0.15, 0.2) is 0 Å². The number of hydrogen-bond acceptors (Lipinski definition) is 1. The Hall–Kier alpha value is 0.284. The maximum atomic E-state index is 9.36. The maximum Gasteiger partial charge on any atom is 0.0169 e. The van der Waals surface area contributed by atoms with E-state index in [4.69, 9.17) is 0 Å². The second-order valence-corrected chi connectivity index (χ2v) is 4.89. The van der Waals surface area contributed by atoms with E-state index in [2.05, 4.69) is 6.92 Å². The van der Waals surface area contributed by atoms with Gasteiger partial charge in [-0.05, 0) is 78.1 Å². The molecule has 0 atom stereocenters. The minimum Gasteiger partial charge on any atom is -0.404 e. The van der Waals surface area contributed by atoms with Crippen LogP contribution in [0.1, 0.15) is 27.7 Å². The fraction of sp³-hybridized carbons (Fsp3) is 0.278. The Labute approximate surface area is 142 Å². The van der Waals surface area contributed by atoms with E-state index < -0.39 is 5.60 Å². The summed E-state index contributed by atoms with van der Waals surface area (Å²) in [6.45, 7) is 11.0. The maximum absolute atomic E-state index is 9.36. The van der Waals surface area contributed by atoms with Crippen molar-refractivity contribution < 1.29 is 26.8 Å². The number of hydrogen-bond donors (Lipinski definition) is 1. The first-order chi connectivity index (χ1) is 8.85. The summed E-state index contributed by atoms with van der Waals surface area (Å²) in [5.41, 5.74) is 1.19. The third-order valence-electron chi connectivity index (χ3n) is 2.67. The van der Waals surface area contributed by atoms with Crippen LogP contribution in [0.2, 0.25) is 0 Å². The Bertz CT molecular complexity index is 213. The molecule has 0 aromatic heterocycles. The molecule has 2 heteroatoms. The normalized spacial score (nSPS) is 18.9. The Morgan fingerprint density at radius 3 is 1.00 bits per heavy atom. The first-order valence-electron chi connectivity index (χ1n) is 6.41. The van der Waals surface area contributed by atoms with Gasteiger partial charge in [-0.2, -0.15) is 5.57 Å². The third kappa shape index (κ3) is 13.3. The molecule has 0 spiro atoms. The zero-order valence-electron chi connectivity index (χ0n) is 12.9. The van der Waals surface area contributed by atoms with Crippen molar-refractivity contribution in [1.29, 1.82) is 0 Å². The zero-order valence-corrected chi connectivity index (χ0v) is 14.5. The summed E-state index contributed by atoms with van der Waals surface area (Å²) in [4.78, 5) is 0. The van der Waals surface area contributed by atoms with Crippen molar-refractivity contribution in [3.8, 4) is 0 Å². The number of aliphatic hydroxyl groups is 1. The van der Waals surface area contributed by atoms with Gasteiger partial charge in [-0.15, -0.1) is 6.92 Å². The van der Waals surface area contributed by atoms with Crippen LogP contribution in [0.5, 0.6) is 0 Å². The zero-order chi connectivity index (χ0) is 14.7. The summed E-state index contributed by atoms with van der Waals surface area (Å²) in [6, 6.07) is 0. The molecule has 10 radical (unpaired) electrons. The summed E-state index contributed by atoms with van der Waals surface area (Å²) in [5.74, 6) is 0. The van der Waals surface area contributed by atoms with E-state index in [0.717, 1.165) is 11.1 Å². The van der Waals surface area contributed by atoms with E-state index >= 15 is 0 Å². The molecule has 0 heterocycles. The van der Waals surface area contributed by atoms with Crippen molar-refractivity contribution in [3.05, 3.63) is 82.3 Å². The topological polar surface area (TPSA) is 20.2 Å². The van der Waals surface area contributed by atoms with E-state index in [-0.39, 0.29) is 21.7 Å². The Balaban J connectivity index is 0. The summed E-state index contributed by atoms with van der Waals surface area (Å²) in [7, 11) is 0. The molecule has 2 aliphatic rings. The van der Waals surface area contributed by atoms with E-state index in [1.807, 2.05) is 78.1 Å². The molecule has 2 saturated carbocycles. The molecule has 0 bridgehead atoms. The van der Waals surface area contributed by atoms with Gasteiger partial charge >= 0.3 is 0 Å². The molecule has 0 saturated heterocycles. The van der Waals surface area contributed by atoms with Crippen LogP contribution in [0.25, 0.3) is 0 Å². The van der Waals surface area contributed by atoms with Crippen molar-refractivity contribution in [1.82, 2.24) is 0 Å². The number of allylic oxidation sites excluding steroid dienone is 1. The van der Waals surface area contributed by atoms with Crippen molar-refractivity contribution in [2.75, 3.05) is 0 Å². The molecule has 0 aromatic carbocycles. The summed E-state index contributed by atoms with van der Waals surface area (Å²) < 4.78 is 0. The van der Waals surface area contributed by atoms with Crippen LogP contribution in [0, 0.1) is 71.1 Å². The van der Waals surface area contributed by atoms with Crippen LogP contribution in [0.3, 0.4) is 0 Å². The minimum atomic E-state index is -0.703. The Morgan fingerprint density at radius 2 is 0.950 bits per heavy atom. The quantitative estimate of drug-likeness (QED) is 0.574. The second kappa shape index (κ2) is 13.0. The predicted octanol–water partition coefficient (Wildman–Crippen LogP) is 3.97. The second-order valence-electron chi connectivity index (χ2n) is 4.89. The predicted molar refractivity (Wildman–Crippen MR) is 83.0 cm³/mol. The molecule has 0 aliphatic heterocycles. The first-order valence-corrected chi connectivity index (χ1v) is 6.41. The van der Waals surface area contributed by atoms with Crippen molar-refractivity contribution in [2.45, 2.75) is 33.3 Å². The molecule has 0 unspecified atom stereocenters.